The van der Waals surface area contributed by atoms with Crippen LogP contribution in [0.3, 0.4) is 0 Å². The summed E-state index contributed by atoms with van der Waals surface area (Å²) >= 11 is 0. The van der Waals surface area contributed by atoms with Crippen LogP contribution >= 0.6 is 0 Å². The van der Waals surface area contributed by atoms with E-state index in [2.05, 4.69) is 10.4 Å². The zero-order chi connectivity index (χ0) is 28.6. The van der Waals surface area contributed by atoms with Gasteiger partial charge in [0.05, 0.1) is 26.5 Å². The van der Waals surface area contributed by atoms with Crippen LogP contribution in [0.5, 0.6) is 11.5 Å². The lowest BCUT2D eigenvalue weighted by atomic mass is 10.0. The molecule has 10 nitrogen and oxygen atoms in total. The van der Waals surface area contributed by atoms with Crippen molar-refractivity contribution < 1.29 is 33.3 Å². The van der Waals surface area contributed by atoms with Gasteiger partial charge in [-0.25, -0.2) is 14.3 Å². The van der Waals surface area contributed by atoms with Crippen molar-refractivity contribution in [1.29, 1.82) is 0 Å². The average Bonchev–Trinajstić information content (AvgIpc) is 3.37. The molecule has 4 aromatic rings. The molecule has 1 amide bonds. The van der Waals surface area contributed by atoms with Crippen LogP contribution in [0, 0.1) is 6.92 Å². The van der Waals surface area contributed by atoms with E-state index < -0.39 is 11.9 Å². The fourth-order valence-corrected chi connectivity index (χ4v) is 4.06. The summed E-state index contributed by atoms with van der Waals surface area (Å²) in [5, 5.41) is 7.40. The van der Waals surface area contributed by atoms with E-state index >= 15 is 0 Å². The Morgan fingerprint density at radius 3 is 2.27 bits per heavy atom. The molecule has 10 heteroatoms. The van der Waals surface area contributed by atoms with E-state index in [-0.39, 0.29) is 29.5 Å². The summed E-state index contributed by atoms with van der Waals surface area (Å²) < 4.78 is 22.9. The Morgan fingerprint density at radius 1 is 0.850 bits per heavy atom. The minimum absolute atomic E-state index is 0.0631. The van der Waals surface area contributed by atoms with Crippen molar-refractivity contribution in [3.05, 3.63) is 89.6 Å². The number of hydrogen-bond donors (Lipinski definition) is 1. The number of nitrogens with one attached hydrogen (secondary N) is 1. The van der Waals surface area contributed by atoms with Gasteiger partial charge in [0.1, 0.15) is 11.3 Å². The standard InChI is InChI=1S/C30H29N3O7/c1-5-39-24-17-20(14-15-23(24)40-18-25(34)31-21-11-9-10-19(2)16-21)27-26(29(35)37-3)28(30(36)38-4)33(32-27)22-12-7-6-8-13-22/h6-17H,5,18H2,1-4H3,(H,31,34). The number of carbonyl (C=O) groups is 3. The molecule has 0 saturated heterocycles. The van der Waals surface area contributed by atoms with Crippen molar-refractivity contribution >= 4 is 23.5 Å². The van der Waals surface area contributed by atoms with Gasteiger partial charge in [0.2, 0.25) is 0 Å². The summed E-state index contributed by atoms with van der Waals surface area (Å²) in [5.41, 5.74) is 2.72. The number of nitrogens with zero attached hydrogens (tertiary/aromatic N) is 2. The van der Waals surface area contributed by atoms with Crippen LogP contribution in [0.1, 0.15) is 33.3 Å². The number of ether oxygens (including phenoxy) is 4. The summed E-state index contributed by atoms with van der Waals surface area (Å²) in [4.78, 5) is 38.3. The first kappa shape index (κ1) is 27.9. The Labute approximate surface area is 231 Å². The summed E-state index contributed by atoms with van der Waals surface area (Å²) in [5.74, 6) is -1.21. The predicted molar refractivity (Wildman–Crippen MR) is 148 cm³/mol. The Balaban J connectivity index is 1.71. The number of anilines is 1. The third-order valence-corrected chi connectivity index (χ3v) is 5.83. The van der Waals surface area contributed by atoms with Crippen molar-refractivity contribution in [1.82, 2.24) is 9.78 Å². The maximum atomic E-state index is 12.9. The van der Waals surface area contributed by atoms with Crippen molar-refractivity contribution in [2.24, 2.45) is 0 Å². The second kappa shape index (κ2) is 12.6. The van der Waals surface area contributed by atoms with Gasteiger partial charge in [-0.05, 0) is 61.9 Å². The predicted octanol–water partition coefficient (Wildman–Crippen LogP) is 4.84. The lowest BCUT2D eigenvalue weighted by Crippen LogP contribution is -2.20. The van der Waals surface area contributed by atoms with Crippen molar-refractivity contribution in [2.45, 2.75) is 13.8 Å². The molecule has 0 spiro atoms. The Morgan fingerprint density at radius 2 is 1.60 bits per heavy atom. The largest absolute Gasteiger partial charge is 0.490 e. The fourth-order valence-electron chi connectivity index (χ4n) is 4.06. The van der Waals surface area contributed by atoms with Gasteiger partial charge in [0.25, 0.3) is 5.91 Å². The molecule has 3 aromatic carbocycles. The van der Waals surface area contributed by atoms with Crippen LogP contribution in [0.25, 0.3) is 16.9 Å². The van der Waals surface area contributed by atoms with Gasteiger partial charge >= 0.3 is 11.9 Å². The molecule has 0 aliphatic rings. The molecule has 0 atom stereocenters. The first-order valence-electron chi connectivity index (χ1n) is 12.5. The molecular formula is C30H29N3O7. The van der Waals surface area contributed by atoms with E-state index in [0.717, 1.165) is 5.56 Å². The van der Waals surface area contributed by atoms with Gasteiger partial charge in [-0.2, -0.15) is 5.10 Å². The molecule has 0 aliphatic carbocycles. The van der Waals surface area contributed by atoms with Crippen LogP contribution < -0.4 is 14.8 Å². The van der Waals surface area contributed by atoms with Gasteiger partial charge in [0.15, 0.2) is 23.8 Å². The van der Waals surface area contributed by atoms with E-state index in [1.165, 1.54) is 18.9 Å². The number of rotatable bonds is 10. The lowest BCUT2D eigenvalue weighted by molar-refractivity contribution is -0.118. The van der Waals surface area contributed by atoms with E-state index in [4.69, 9.17) is 18.9 Å². The number of aryl methyl sites for hydroxylation is 1. The summed E-state index contributed by atoms with van der Waals surface area (Å²) in [6.07, 6.45) is 0. The van der Waals surface area contributed by atoms with E-state index in [9.17, 15) is 14.4 Å². The highest BCUT2D eigenvalue weighted by molar-refractivity contribution is 6.07. The number of aromatic nitrogens is 2. The van der Waals surface area contributed by atoms with Gasteiger partial charge in [0, 0.05) is 11.3 Å². The molecule has 0 saturated carbocycles. The highest BCUT2D eigenvalue weighted by atomic mass is 16.5. The first-order valence-corrected chi connectivity index (χ1v) is 12.5. The SMILES string of the molecule is CCOc1cc(-c2nn(-c3ccccc3)c(C(=O)OC)c2C(=O)OC)ccc1OCC(=O)Nc1cccc(C)c1. The number of methoxy groups -OCH3 is 2. The number of amides is 1. The minimum Gasteiger partial charge on any atom is -0.490 e. The fraction of sp³-hybridized carbons (Fsp3) is 0.200. The topological polar surface area (TPSA) is 118 Å². The van der Waals surface area contributed by atoms with Crippen LogP contribution in [0.4, 0.5) is 5.69 Å². The van der Waals surface area contributed by atoms with Gasteiger partial charge in [-0.3, -0.25) is 4.79 Å². The zero-order valence-corrected chi connectivity index (χ0v) is 22.6. The molecule has 0 unspecified atom stereocenters. The third kappa shape index (κ3) is 6.12. The van der Waals surface area contributed by atoms with Crippen LogP contribution in [0.2, 0.25) is 0 Å². The zero-order valence-electron chi connectivity index (χ0n) is 22.6. The smallest absolute Gasteiger partial charge is 0.357 e. The number of benzene rings is 3. The molecule has 0 radical (unpaired) electrons. The number of carbonyl (C=O) groups excluding carboxylic acids is 3. The third-order valence-electron chi connectivity index (χ3n) is 5.83. The maximum Gasteiger partial charge on any atom is 0.357 e. The van der Waals surface area contributed by atoms with Gasteiger partial charge < -0.3 is 24.3 Å². The number of hydrogen-bond acceptors (Lipinski definition) is 8. The number of esters is 2. The van der Waals surface area contributed by atoms with Crippen LogP contribution in [0.15, 0.2) is 72.8 Å². The average molecular weight is 544 g/mol. The van der Waals surface area contributed by atoms with E-state index in [0.29, 0.717) is 35.0 Å². The molecule has 4 rings (SSSR count). The first-order chi connectivity index (χ1) is 19.4. The molecule has 1 N–H and O–H groups in total. The van der Waals surface area contributed by atoms with Crippen molar-refractivity contribution in [3.63, 3.8) is 0 Å². The van der Waals surface area contributed by atoms with Gasteiger partial charge in [-0.15, -0.1) is 0 Å². The van der Waals surface area contributed by atoms with Gasteiger partial charge in [-0.1, -0.05) is 30.3 Å². The molecule has 0 fully saturated rings. The highest BCUT2D eigenvalue weighted by Crippen LogP contribution is 2.36. The van der Waals surface area contributed by atoms with E-state index in [1.54, 1.807) is 55.5 Å². The normalized spacial score (nSPS) is 10.5. The van der Waals surface area contributed by atoms with Crippen LogP contribution in [-0.4, -0.2) is 55.1 Å². The Kier molecular flexibility index (Phi) is 8.80. The maximum absolute atomic E-state index is 12.9. The quantitative estimate of drug-likeness (QED) is 0.283. The molecule has 0 aliphatic heterocycles. The minimum atomic E-state index is -0.760. The summed E-state index contributed by atoms with van der Waals surface area (Å²) in [7, 11) is 2.44. The van der Waals surface area contributed by atoms with Crippen molar-refractivity contribution in [3.8, 4) is 28.4 Å². The molecule has 40 heavy (non-hydrogen) atoms. The second-order valence-corrected chi connectivity index (χ2v) is 8.60. The molecule has 0 bridgehead atoms. The Hall–Kier alpha value is -5.12. The molecule has 1 heterocycles. The molecule has 206 valence electrons. The monoisotopic (exact) mass is 543 g/mol. The molecular weight excluding hydrogens is 514 g/mol. The lowest BCUT2D eigenvalue weighted by Gasteiger charge is -2.13. The Bertz CT molecular complexity index is 1530. The summed E-state index contributed by atoms with van der Waals surface area (Å²) in [6, 6.07) is 21.2. The highest BCUT2D eigenvalue weighted by Gasteiger charge is 2.31. The molecule has 1 aromatic heterocycles. The second-order valence-electron chi connectivity index (χ2n) is 8.60. The van der Waals surface area contributed by atoms with E-state index in [1.807, 2.05) is 31.2 Å². The summed E-state index contributed by atoms with van der Waals surface area (Å²) in [6.45, 7) is 3.80. The van der Waals surface area contributed by atoms with Crippen LogP contribution in [-0.2, 0) is 14.3 Å². The van der Waals surface area contributed by atoms with Crippen molar-refractivity contribution in [2.75, 3.05) is 32.8 Å². The number of para-hydroxylation sites is 1.